The molecule has 0 heterocycles. The van der Waals surface area contributed by atoms with E-state index in [1.54, 1.807) is 4.90 Å². The highest BCUT2D eigenvalue weighted by atomic mass is 16.5. The maximum Gasteiger partial charge on any atom is 0.250 e. The van der Waals surface area contributed by atoms with Gasteiger partial charge in [0.1, 0.15) is 13.2 Å². The summed E-state index contributed by atoms with van der Waals surface area (Å²) in [5.41, 5.74) is 1.95. The molecule has 0 atom stereocenters. The summed E-state index contributed by atoms with van der Waals surface area (Å²) in [5, 5.41) is 2.75. The zero-order valence-corrected chi connectivity index (χ0v) is 13.9. The lowest BCUT2D eigenvalue weighted by molar-refractivity contribution is -0.137. The predicted octanol–water partition coefficient (Wildman–Crippen LogP) is 2.63. The number of carbonyl (C=O) groups excluding carboxylic acids is 2. The normalized spacial score (nSPS) is 10.6. The summed E-state index contributed by atoms with van der Waals surface area (Å²) in [6.45, 7) is 9.16. The zero-order valence-electron chi connectivity index (χ0n) is 13.9. The number of benzene rings is 1. The van der Waals surface area contributed by atoms with Gasteiger partial charge in [-0.25, -0.2) is 0 Å². The highest BCUT2D eigenvalue weighted by Gasteiger charge is 2.10. The Bertz CT molecular complexity index is 479. The van der Waals surface area contributed by atoms with E-state index in [2.05, 4.69) is 19.2 Å². The highest BCUT2D eigenvalue weighted by molar-refractivity contribution is 5.91. The van der Waals surface area contributed by atoms with Crippen molar-refractivity contribution in [3.63, 3.8) is 0 Å². The van der Waals surface area contributed by atoms with Crippen molar-refractivity contribution < 1.29 is 14.3 Å². The number of rotatable bonds is 8. The fraction of sp³-hybridized carbons (Fsp3) is 0.529. The third-order valence-electron chi connectivity index (χ3n) is 3.44. The number of nitrogens with zero attached hydrogens (tertiary/aromatic N) is 1. The number of amides is 2. The molecule has 0 saturated heterocycles. The zero-order chi connectivity index (χ0) is 16.5. The Labute approximate surface area is 132 Å². The molecule has 0 spiro atoms. The van der Waals surface area contributed by atoms with E-state index in [9.17, 15) is 9.59 Å². The molecule has 2 amide bonds. The van der Waals surface area contributed by atoms with E-state index >= 15 is 0 Å². The molecular weight excluding hydrogens is 280 g/mol. The van der Waals surface area contributed by atoms with Gasteiger partial charge in [-0.2, -0.15) is 0 Å². The van der Waals surface area contributed by atoms with Gasteiger partial charge >= 0.3 is 0 Å². The van der Waals surface area contributed by atoms with Crippen LogP contribution in [0.2, 0.25) is 0 Å². The second-order valence-corrected chi connectivity index (χ2v) is 5.38. The molecule has 0 saturated carbocycles. The minimum absolute atomic E-state index is 0.0681. The fourth-order valence-corrected chi connectivity index (χ4v) is 2.05. The van der Waals surface area contributed by atoms with Crippen LogP contribution >= 0.6 is 0 Å². The first-order valence-corrected chi connectivity index (χ1v) is 7.73. The van der Waals surface area contributed by atoms with Crippen LogP contribution in [-0.2, 0) is 14.3 Å². The lowest BCUT2D eigenvalue weighted by Gasteiger charge is -2.18. The Morgan fingerprint density at radius 2 is 1.68 bits per heavy atom. The third-order valence-corrected chi connectivity index (χ3v) is 3.44. The van der Waals surface area contributed by atoms with Crippen LogP contribution in [-0.4, -0.2) is 43.0 Å². The highest BCUT2D eigenvalue weighted by Crippen LogP contribution is 2.16. The molecule has 0 unspecified atom stereocenters. The van der Waals surface area contributed by atoms with Crippen molar-refractivity contribution in [1.82, 2.24) is 4.90 Å². The van der Waals surface area contributed by atoms with Gasteiger partial charge in [0.25, 0.3) is 0 Å². The summed E-state index contributed by atoms with van der Waals surface area (Å²) in [6, 6.07) is 7.72. The van der Waals surface area contributed by atoms with Gasteiger partial charge in [0.05, 0.1) is 0 Å². The summed E-state index contributed by atoms with van der Waals surface area (Å²) in [6.07, 6.45) is 0. The smallest absolute Gasteiger partial charge is 0.250 e. The Kier molecular flexibility index (Phi) is 7.60. The molecule has 5 nitrogen and oxygen atoms in total. The molecule has 122 valence electrons. The summed E-state index contributed by atoms with van der Waals surface area (Å²) in [7, 11) is 0. The molecule has 1 N–H and O–H groups in total. The minimum atomic E-state index is -0.260. The molecular formula is C17H26N2O3. The Morgan fingerprint density at radius 1 is 1.09 bits per heavy atom. The first kappa shape index (κ1) is 18.2. The average molecular weight is 306 g/mol. The van der Waals surface area contributed by atoms with Crippen molar-refractivity contribution in [2.24, 2.45) is 0 Å². The molecule has 0 aromatic heterocycles. The number of likely N-dealkylation sites (N-methyl/N-ethyl adjacent to an activating group) is 1. The van der Waals surface area contributed by atoms with Crippen LogP contribution in [0.25, 0.3) is 0 Å². The van der Waals surface area contributed by atoms with Crippen LogP contribution in [0.3, 0.4) is 0 Å². The first-order chi connectivity index (χ1) is 10.5. The molecule has 1 aromatic rings. The largest absolute Gasteiger partial charge is 0.362 e. The van der Waals surface area contributed by atoms with Crippen LogP contribution < -0.4 is 5.32 Å². The molecule has 5 heteroatoms. The third kappa shape index (κ3) is 5.85. The van der Waals surface area contributed by atoms with Crippen LogP contribution in [0.1, 0.15) is 39.2 Å². The van der Waals surface area contributed by atoms with Crippen molar-refractivity contribution >= 4 is 17.5 Å². The van der Waals surface area contributed by atoms with Gasteiger partial charge in [0.2, 0.25) is 11.8 Å². The Morgan fingerprint density at radius 3 is 2.18 bits per heavy atom. The van der Waals surface area contributed by atoms with Crippen LogP contribution in [0.4, 0.5) is 5.69 Å². The molecule has 0 aliphatic rings. The molecule has 0 aliphatic heterocycles. The monoisotopic (exact) mass is 306 g/mol. The quantitative estimate of drug-likeness (QED) is 0.803. The summed E-state index contributed by atoms with van der Waals surface area (Å²) in [4.78, 5) is 25.1. The number of ether oxygens (including phenoxy) is 1. The van der Waals surface area contributed by atoms with E-state index in [0.29, 0.717) is 19.0 Å². The lowest BCUT2D eigenvalue weighted by atomic mass is 10.0. The Balaban J connectivity index is 2.36. The fourth-order valence-electron chi connectivity index (χ4n) is 2.05. The van der Waals surface area contributed by atoms with E-state index in [1.165, 1.54) is 5.56 Å². The topological polar surface area (TPSA) is 58.6 Å². The van der Waals surface area contributed by atoms with Crippen molar-refractivity contribution in [2.75, 3.05) is 31.6 Å². The molecule has 0 aliphatic carbocycles. The average Bonchev–Trinajstić information content (AvgIpc) is 2.49. The van der Waals surface area contributed by atoms with Crippen molar-refractivity contribution in [2.45, 2.75) is 33.6 Å². The van der Waals surface area contributed by atoms with Gasteiger partial charge in [-0.3, -0.25) is 9.59 Å². The minimum Gasteiger partial charge on any atom is -0.362 e. The first-order valence-electron chi connectivity index (χ1n) is 7.73. The van der Waals surface area contributed by atoms with Gasteiger partial charge < -0.3 is 15.0 Å². The van der Waals surface area contributed by atoms with Gasteiger partial charge in [0.15, 0.2) is 0 Å². The van der Waals surface area contributed by atoms with Crippen LogP contribution in [0.15, 0.2) is 24.3 Å². The van der Waals surface area contributed by atoms with E-state index in [1.807, 2.05) is 38.1 Å². The molecule has 0 radical (unpaired) electrons. The van der Waals surface area contributed by atoms with E-state index in [0.717, 1.165) is 5.69 Å². The molecule has 1 aromatic carbocycles. The van der Waals surface area contributed by atoms with Gasteiger partial charge in [-0.1, -0.05) is 26.0 Å². The molecule has 1 rings (SSSR count). The number of anilines is 1. The number of hydrogen-bond donors (Lipinski definition) is 1. The van der Waals surface area contributed by atoms with Crippen molar-refractivity contribution in [3.8, 4) is 0 Å². The molecule has 22 heavy (non-hydrogen) atoms. The van der Waals surface area contributed by atoms with Crippen LogP contribution in [0.5, 0.6) is 0 Å². The van der Waals surface area contributed by atoms with Crippen molar-refractivity contribution in [1.29, 1.82) is 0 Å². The SMILES string of the molecule is CCN(CC)C(=O)COCC(=O)Nc1ccc(C(C)C)cc1. The second-order valence-electron chi connectivity index (χ2n) is 5.38. The molecule has 0 bridgehead atoms. The molecule has 0 fully saturated rings. The van der Waals surface area contributed by atoms with E-state index in [-0.39, 0.29) is 25.0 Å². The van der Waals surface area contributed by atoms with Gasteiger partial charge in [-0.05, 0) is 37.5 Å². The number of hydrogen-bond acceptors (Lipinski definition) is 3. The Hall–Kier alpha value is -1.88. The van der Waals surface area contributed by atoms with Gasteiger partial charge in [0, 0.05) is 18.8 Å². The number of nitrogens with one attached hydrogen (secondary N) is 1. The predicted molar refractivity (Wildman–Crippen MR) is 87.9 cm³/mol. The number of carbonyl (C=O) groups is 2. The maximum atomic E-state index is 11.8. The maximum absolute atomic E-state index is 11.8. The standard InChI is InChI=1S/C17H26N2O3/c1-5-19(6-2)17(21)12-22-11-16(20)18-15-9-7-14(8-10-15)13(3)4/h7-10,13H,5-6,11-12H2,1-4H3,(H,18,20). The summed E-state index contributed by atoms with van der Waals surface area (Å²) >= 11 is 0. The second kappa shape index (κ2) is 9.20. The van der Waals surface area contributed by atoms with Gasteiger partial charge in [-0.15, -0.1) is 0 Å². The lowest BCUT2D eigenvalue weighted by Crippen LogP contribution is -2.34. The summed E-state index contributed by atoms with van der Waals surface area (Å²) in [5.74, 6) is 0.0999. The summed E-state index contributed by atoms with van der Waals surface area (Å²) < 4.78 is 5.17. The van der Waals surface area contributed by atoms with E-state index in [4.69, 9.17) is 4.74 Å². The van der Waals surface area contributed by atoms with Crippen molar-refractivity contribution in [3.05, 3.63) is 29.8 Å². The van der Waals surface area contributed by atoms with E-state index < -0.39 is 0 Å². The van der Waals surface area contributed by atoms with Crippen LogP contribution in [0, 0.1) is 0 Å².